The van der Waals surface area contributed by atoms with Crippen molar-refractivity contribution in [2.75, 3.05) is 12.4 Å². The third-order valence-corrected chi connectivity index (χ3v) is 4.83. The summed E-state index contributed by atoms with van der Waals surface area (Å²) in [6.07, 6.45) is 5.38. The van der Waals surface area contributed by atoms with Gasteiger partial charge in [-0.15, -0.1) is 0 Å². The second kappa shape index (κ2) is 8.94. The number of methoxy groups -OCH3 is 1. The number of amides is 3. The van der Waals surface area contributed by atoms with Gasteiger partial charge in [0.1, 0.15) is 11.8 Å². The van der Waals surface area contributed by atoms with E-state index in [1.165, 1.54) is 13.5 Å². The molecule has 1 fully saturated rings. The largest absolute Gasteiger partial charge is 0.495 e. The Morgan fingerprint density at radius 3 is 2.56 bits per heavy atom. The van der Waals surface area contributed by atoms with Crippen molar-refractivity contribution < 1.29 is 14.3 Å². The van der Waals surface area contributed by atoms with Crippen LogP contribution in [-0.4, -0.2) is 31.1 Å². The highest BCUT2D eigenvalue weighted by atomic mass is 35.5. The Kier molecular flexibility index (Phi) is 6.93. The minimum atomic E-state index is -0.605. The number of benzene rings is 1. The predicted octanol–water partition coefficient (Wildman–Crippen LogP) is 3.62. The van der Waals surface area contributed by atoms with Crippen molar-refractivity contribution in [3.63, 3.8) is 0 Å². The number of hydrogen-bond acceptors (Lipinski definition) is 4. The van der Waals surface area contributed by atoms with Crippen molar-refractivity contribution in [3.05, 3.63) is 22.7 Å². The fourth-order valence-electron chi connectivity index (χ4n) is 2.93. The first-order chi connectivity index (χ1) is 11.9. The Morgan fingerprint density at radius 2 is 1.92 bits per heavy atom. The van der Waals surface area contributed by atoms with E-state index in [-0.39, 0.29) is 6.04 Å². The third-order valence-electron chi connectivity index (χ3n) is 4.42. The first-order valence-electron chi connectivity index (χ1n) is 8.62. The Morgan fingerprint density at radius 1 is 1.24 bits per heavy atom. The molecule has 7 heteroatoms. The van der Waals surface area contributed by atoms with Gasteiger partial charge in [-0.05, 0) is 38.3 Å². The average Bonchev–Trinajstić information content (AvgIpc) is 2.58. The Bertz CT molecular complexity index is 630. The molecule has 3 amide bonds. The van der Waals surface area contributed by atoms with Gasteiger partial charge in [-0.3, -0.25) is 10.1 Å². The lowest BCUT2D eigenvalue weighted by atomic mass is 9.96. The summed E-state index contributed by atoms with van der Waals surface area (Å²) in [7, 11) is 1.54. The molecule has 0 radical (unpaired) electrons. The van der Waals surface area contributed by atoms with E-state index in [9.17, 15) is 9.59 Å². The van der Waals surface area contributed by atoms with Crippen molar-refractivity contribution in [1.82, 2.24) is 10.6 Å². The normalized spacial score (nSPS) is 16.0. The summed E-state index contributed by atoms with van der Waals surface area (Å²) in [6, 6.07) is 2.62. The Hall–Kier alpha value is -1.95. The number of halogens is 1. The zero-order valence-electron chi connectivity index (χ0n) is 14.9. The fourth-order valence-corrected chi connectivity index (χ4v) is 3.09. The van der Waals surface area contributed by atoms with Crippen LogP contribution in [0.5, 0.6) is 5.75 Å². The van der Waals surface area contributed by atoms with Crippen LogP contribution in [0.1, 0.15) is 44.6 Å². The molecule has 1 aromatic carbocycles. The van der Waals surface area contributed by atoms with E-state index in [2.05, 4.69) is 16.0 Å². The monoisotopic (exact) mass is 367 g/mol. The topological polar surface area (TPSA) is 79.5 Å². The maximum absolute atomic E-state index is 12.2. The van der Waals surface area contributed by atoms with Gasteiger partial charge in [-0.25, -0.2) is 4.79 Å². The molecule has 0 aromatic heterocycles. The summed E-state index contributed by atoms with van der Waals surface area (Å²) in [6.45, 7) is 3.56. The molecular weight excluding hydrogens is 342 g/mol. The highest BCUT2D eigenvalue weighted by Crippen LogP contribution is 2.31. The van der Waals surface area contributed by atoms with Gasteiger partial charge in [0, 0.05) is 17.1 Å². The van der Waals surface area contributed by atoms with Crippen LogP contribution in [-0.2, 0) is 4.79 Å². The predicted molar refractivity (Wildman–Crippen MR) is 99.4 cm³/mol. The van der Waals surface area contributed by atoms with Crippen LogP contribution in [0.25, 0.3) is 0 Å². The molecule has 0 heterocycles. The molecule has 25 heavy (non-hydrogen) atoms. The van der Waals surface area contributed by atoms with Crippen LogP contribution in [0.15, 0.2) is 12.1 Å². The lowest BCUT2D eigenvalue weighted by molar-refractivity contribution is -0.120. The molecule has 6 nitrogen and oxygen atoms in total. The lowest BCUT2D eigenvalue weighted by Crippen LogP contribution is -2.49. The van der Waals surface area contributed by atoms with E-state index in [0.717, 1.165) is 31.2 Å². The van der Waals surface area contributed by atoms with Crippen LogP contribution >= 0.6 is 11.6 Å². The maximum atomic E-state index is 12.2. The van der Waals surface area contributed by atoms with Crippen LogP contribution in [0.2, 0.25) is 5.02 Å². The second-order valence-electron chi connectivity index (χ2n) is 6.47. The van der Waals surface area contributed by atoms with Gasteiger partial charge in [0.15, 0.2) is 0 Å². The lowest BCUT2D eigenvalue weighted by Gasteiger charge is -2.23. The van der Waals surface area contributed by atoms with Crippen molar-refractivity contribution in [1.29, 1.82) is 0 Å². The second-order valence-corrected chi connectivity index (χ2v) is 6.87. The van der Waals surface area contributed by atoms with E-state index in [0.29, 0.717) is 16.5 Å². The highest BCUT2D eigenvalue weighted by molar-refractivity contribution is 6.31. The number of imide groups is 1. The molecule has 0 spiro atoms. The molecule has 1 aromatic rings. The first kappa shape index (κ1) is 19.4. The van der Waals surface area contributed by atoms with E-state index >= 15 is 0 Å². The SMILES string of the molecule is COc1cc(Cl)c(C)cc1N[C@@H](C)C(=O)NC(=O)NC1CCCCC1. The van der Waals surface area contributed by atoms with Gasteiger partial charge in [0.2, 0.25) is 5.91 Å². The van der Waals surface area contributed by atoms with Crippen LogP contribution in [0.3, 0.4) is 0 Å². The van der Waals surface area contributed by atoms with Crippen molar-refractivity contribution in [2.45, 2.75) is 58.0 Å². The summed E-state index contributed by atoms with van der Waals surface area (Å²) >= 11 is 6.09. The van der Waals surface area contributed by atoms with Gasteiger partial charge in [-0.2, -0.15) is 0 Å². The molecular formula is C18H26ClN3O3. The van der Waals surface area contributed by atoms with Gasteiger partial charge in [-0.1, -0.05) is 30.9 Å². The van der Waals surface area contributed by atoms with Crippen molar-refractivity contribution in [3.8, 4) is 5.75 Å². The average molecular weight is 368 g/mol. The number of nitrogens with one attached hydrogen (secondary N) is 3. The Labute approximate surface area is 153 Å². The van der Waals surface area contributed by atoms with E-state index in [1.807, 2.05) is 13.0 Å². The van der Waals surface area contributed by atoms with Gasteiger partial charge >= 0.3 is 6.03 Å². The summed E-state index contributed by atoms with van der Waals surface area (Å²) in [5.74, 6) is 0.143. The molecule has 3 N–H and O–H groups in total. The number of ether oxygens (including phenoxy) is 1. The van der Waals surface area contributed by atoms with Crippen molar-refractivity contribution in [2.24, 2.45) is 0 Å². The molecule has 1 aliphatic carbocycles. The molecule has 2 rings (SSSR count). The molecule has 0 unspecified atom stereocenters. The number of anilines is 1. The minimum Gasteiger partial charge on any atom is -0.495 e. The molecule has 0 saturated heterocycles. The van der Waals surface area contributed by atoms with E-state index < -0.39 is 18.0 Å². The van der Waals surface area contributed by atoms with Crippen molar-refractivity contribution >= 4 is 29.2 Å². The molecule has 1 aliphatic rings. The first-order valence-corrected chi connectivity index (χ1v) is 9.00. The summed E-state index contributed by atoms with van der Waals surface area (Å²) < 4.78 is 5.29. The minimum absolute atomic E-state index is 0.156. The fraction of sp³-hybridized carbons (Fsp3) is 0.556. The smallest absolute Gasteiger partial charge is 0.321 e. The third kappa shape index (κ3) is 5.53. The molecule has 0 bridgehead atoms. The molecule has 1 saturated carbocycles. The zero-order chi connectivity index (χ0) is 18.4. The molecule has 0 aliphatic heterocycles. The van der Waals surface area contributed by atoms with Gasteiger partial charge in [0.25, 0.3) is 0 Å². The van der Waals surface area contributed by atoms with Crippen LogP contribution in [0, 0.1) is 6.92 Å². The zero-order valence-corrected chi connectivity index (χ0v) is 15.7. The van der Waals surface area contributed by atoms with Gasteiger partial charge in [0.05, 0.1) is 12.8 Å². The number of urea groups is 1. The number of rotatable bonds is 5. The number of aryl methyl sites for hydroxylation is 1. The van der Waals surface area contributed by atoms with E-state index in [4.69, 9.17) is 16.3 Å². The number of carbonyl (C=O) groups is 2. The van der Waals surface area contributed by atoms with E-state index in [1.54, 1.807) is 13.0 Å². The van der Waals surface area contributed by atoms with Crippen LogP contribution in [0.4, 0.5) is 10.5 Å². The standard InChI is InChI=1S/C18H26ClN3O3/c1-11-9-15(16(25-3)10-14(11)19)20-12(2)17(23)22-18(24)21-13-7-5-4-6-8-13/h9-10,12-13,20H,4-8H2,1-3H3,(H2,21,22,23,24)/t12-/m0/s1. The number of hydrogen-bond donors (Lipinski definition) is 3. The van der Waals surface area contributed by atoms with Gasteiger partial charge < -0.3 is 15.4 Å². The number of carbonyl (C=O) groups excluding carboxylic acids is 2. The molecule has 138 valence electrons. The Balaban J connectivity index is 1.91. The maximum Gasteiger partial charge on any atom is 0.321 e. The molecule has 1 atom stereocenters. The summed E-state index contributed by atoms with van der Waals surface area (Å²) in [5.41, 5.74) is 1.52. The summed E-state index contributed by atoms with van der Waals surface area (Å²) in [5, 5.41) is 8.91. The van der Waals surface area contributed by atoms with Crippen LogP contribution < -0.4 is 20.7 Å². The highest BCUT2D eigenvalue weighted by Gasteiger charge is 2.20. The summed E-state index contributed by atoms with van der Waals surface area (Å²) in [4.78, 5) is 24.2. The quantitative estimate of drug-likeness (QED) is 0.742.